The lowest BCUT2D eigenvalue weighted by molar-refractivity contribution is 0.0736. The van der Waals surface area contributed by atoms with Crippen LogP contribution in [0.25, 0.3) is 16.3 Å². The lowest BCUT2D eigenvalue weighted by atomic mass is 9.87. The standard InChI is InChI=1S/C27H19FO2/c28-23-14-11-20(12-15-23)27(29)30-26-24-8-4-3-6-19(24)13-16-25(26)22-10-9-18-5-1-2-7-21(18)17-22/h1-8,10-16H,9,17H2. The minimum atomic E-state index is -0.496. The van der Waals surface area contributed by atoms with Crippen molar-refractivity contribution in [3.05, 3.63) is 119 Å². The summed E-state index contributed by atoms with van der Waals surface area (Å²) >= 11 is 0. The molecule has 3 heteroatoms. The predicted molar refractivity (Wildman–Crippen MR) is 117 cm³/mol. The van der Waals surface area contributed by atoms with Crippen LogP contribution >= 0.6 is 0 Å². The van der Waals surface area contributed by atoms with Crippen molar-refractivity contribution in [3.8, 4) is 5.75 Å². The molecule has 4 aromatic carbocycles. The molecule has 1 aliphatic carbocycles. The van der Waals surface area contributed by atoms with Gasteiger partial charge >= 0.3 is 5.97 Å². The molecule has 0 saturated heterocycles. The zero-order valence-corrected chi connectivity index (χ0v) is 16.3. The number of carbonyl (C=O) groups is 1. The third-order valence-corrected chi connectivity index (χ3v) is 5.57. The van der Waals surface area contributed by atoms with Gasteiger partial charge in [0.25, 0.3) is 0 Å². The molecule has 5 rings (SSSR count). The van der Waals surface area contributed by atoms with Crippen LogP contribution in [0, 0.1) is 5.82 Å². The fraction of sp³-hybridized carbons (Fsp3) is 0.0741. The van der Waals surface area contributed by atoms with E-state index in [1.54, 1.807) is 0 Å². The minimum absolute atomic E-state index is 0.318. The third-order valence-electron chi connectivity index (χ3n) is 5.57. The smallest absolute Gasteiger partial charge is 0.343 e. The first-order chi connectivity index (χ1) is 14.7. The van der Waals surface area contributed by atoms with Crippen molar-refractivity contribution in [1.29, 1.82) is 0 Å². The molecule has 0 atom stereocenters. The van der Waals surface area contributed by atoms with Crippen LogP contribution in [-0.2, 0) is 12.8 Å². The summed E-state index contributed by atoms with van der Waals surface area (Å²) in [5.74, 6) is -0.333. The number of allylic oxidation sites excluding steroid dienone is 2. The molecule has 146 valence electrons. The fourth-order valence-corrected chi connectivity index (χ4v) is 3.99. The minimum Gasteiger partial charge on any atom is -0.422 e. The van der Waals surface area contributed by atoms with Crippen LogP contribution in [0.2, 0.25) is 0 Å². The Labute approximate surface area is 174 Å². The van der Waals surface area contributed by atoms with E-state index in [1.165, 1.54) is 35.4 Å². The molecule has 0 saturated carbocycles. The number of rotatable bonds is 3. The van der Waals surface area contributed by atoms with Gasteiger partial charge in [0.1, 0.15) is 11.6 Å². The Kier molecular flexibility index (Phi) is 4.64. The quantitative estimate of drug-likeness (QED) is 0.298. The molecule has 30 heavy (non-hydrogen) atoms. The number of hydrogen-bond acceptors (Lipinski definition) is 2. The normalized spacial score (nSPS) is 12.9. The lowest BCUT2D eigenvalue weighted by Gasteiger charge is -2.20. The second-order valence-corrected chi connectivity index (χ2v) is 7.44. The zero-order valence-electron chi connectivity index (χ0n) is 16.3. The van der Waals surface area contributed by atoms with Gasteiger partial charge in [-0.3, -0.25) is 0 Å². The molecule has 0 spiro atoms. The summed E-state index contributed by atoms with van der Waals surface area (Å²) in [4.78, 5) is 12.8. The van der Waals surface area contributed by atoms with Gasteiger partial charge in [-0.2, -0.15) is 0 Å². The maximum absolute atomic E-state index is 13.3. The summed E-state index contributed by atoms with van der Waals surface area (Å²) in [7, 11) is 0. The highest BCUT2D eigenvalue weighted by Gasteiger charge is 2.20. The number of benzene rings is 4. The Balaban J connectivity index is 1.58. The molecule has 0 fully saturated rings. The first-order valence-corrected chi connectivity index (χ1v) is 9.95. The average molecular weight is 394 g/mol. The van der Waals surface area contributed by atoms with Crippen molar-refractivity contribution in [2.75, 3.05) is 0 Å². The highest BCUT2D eigenvalue weighted by atomic mass is 19.1. The van der Waals surface area contributed by atoms with E-state index in [1.807, 2.05) is 30.3 Å². The van der Waals surface area contributed by atoms with Crippen LogP contribution < -0.4 is 4.74 Å². The van der Waals surface area contributed by atoms with Crippen molar-refractivity contribution in [2.24, 2.45) is 0 Å². The number of carbonyl (C=O) groups excluding carboxylic acids is 1. The van der Waals surface area contributed by atoms with Gasteiger partial charge < -0.3 is 4.74 Å². The number of hydrogen-bond donors (Lipinski definition) is 0. The number of esters is 1. The van der Waals surface area contributed by atoms with Crippen molar-refractivity contribution >= 4 is 22.3 Å². The van der Waals surface area contributed by atoms with Gasteiger partial charge in [-0.25, -0.2) is 9.18 Å². The Morgan fingerprint density at radius 2 is 1.53 bits per heavy atom. The van der Waals surface area contributed by atoms with E-state index in [4.69, 9.17) is 4.74 Å². The van der Waals surface area contributed by atoms with Gasteiger partial charge in [-0.15, -0.1) is 0 Å². The number of halogens is 1. The first kappa shape index (κ1) is 18.3. The van der Waals surface area contributed by atoms with Crippen molar-refractivity contribution in [2.45, 2.75) is 12.8 Å². The summed E-state index contributed by atoms with van der Waals surface area (Å²) < 4.78 is 19.2. The molecule has 0 heterocycles. The Morgan fingerprint density at radius 3 is 2.37 bits per heavy atom. The maximum atomic E-state index is 13.3. The summed E-state index contributed by atoms with van der Waals surface area (Å²) in [6, 6.07) is 25.8. The van der Waals surface area contributed by atoms with Crippen LogP contribution in [0.4, 0.5) is 4.39 Å². The average Bonchev–Trinajstić information content (AvgIpc) is 2.79. The molecule has 2 nitrogen and oxygen atoms in total. The van der Waals surface area contributed by atoms with E-state index in [2.05, 4.69) is 36.4 Å². The molecule has 0 unspecified atom stereocenters. The molecule has 0 N–H and O–H groups in total. The van der Waals surface area contributed by atoms with E-state index in [0.717, 1.165) is 34.8 Å². The lowest BCUT2D eigenvalue weighted by Crippen LogP contribution is -2.11. The van der Waals surface area contributed by atoms with Crippen molar-refractivity contribution in [3.63, 3.8) is 0 Å². The molecule has 0 amide bonds. The summed E-state index contributed by atoms with van der Waals surface area (Å²) in [6.07, 6.45) is 3.85. The van der Waals surface area contributed by atoms with Crippen LogP contribution in [0.5, 0.6) is 5.75 Å². The summed E-state index contributed by atoms with van der Waals surface area (Å²) in [5, 5.41) is 1.88. The SMILES string of the molecule is O=C(Oc1c(C2=CCc3ccccc3C2)ccc2ccccc12)c1ccc(F)cc1. The third kappa shape index (κ3) is 3.39. The molecule has 1 aliphatic rings. The summed E-state index contributed by atoms with van der Waals surface area (Å²) in [5.41, 5.74) is 4.99. The van der Waals surface area contributed by atoms with E-state index < -0.39 is 5.97 Å². The van der Waals surface area contributed by atoms with Gasteiger partial charge in [-0.05, 0) is 59.2 Å². The molecule has 0 aliphatic heterocycles. The van der Waals surface area contributed by atoms with Gasteiger partial charge in [-0.1, -0.05) is 66.7 Å². The second kappa shape index (κ2) is 7.60. The van der Waals surface area contributed by atoms with Gasteiger partial charge in [0.15, 0.2) is 0 Å². The molecular formula is C27H19FO2. The van der Waals surface area contributed by atoms with Gasteiger partial charge in [0.05, 0.1) is 5.56 Å². The largest absolute Gasteiger partial charge is 0.422 e. The van der Waals surface area contributed by atoms with Gasteiger partial charge in [0, 0.05) is 10.9 Å². The monoisotopic (exact) mass is 394 g/mol. The van der Waals surface area contributed by atoms with Crippen LogP contribution in [-0.4, -0.2) is 5.97 Å². The second-order valence-electron chi connectivity index (χ2n) is 7.44. The number of ether oxygens (including phenoxy) is 1. The molecule has 0 radical (unpaired) electrons. The Bertz CT molecular complexity index is 1290. The number of fused-ring (bicyclic) bond motifs is 2. The van der Waals surface area contributed by atoms with E-state index in [9.17, 15) is 9.18 Å². The molecule has 4 aromatic rings. The first-order valence-electron chi connectivity index (χ1n) is 9.95. The highest BCUT2D eigenvalue weighted by molar-refractivity contribution is 5.99. The van der Waals surface area contributed by atoms with E-state index in [0.29, 0.717) is 11.3 Å². The predicted octanol–water partition coefficient (Wildman–Crippen LogP) is 6.38. The van der Waals surface area contributed by atoms with Crippen LogP contribution in [0.3, 0.4) is 0 Å². The van der Waals surface area contributed by atoms with E-state index in [-0.39, 0.29) is 5.82 Å². The van der Waals surface area contributed by atoms with E-state index >= 15 is 0 Å². The van der Waals surface area contributed by atoms with Gasteiger partial charge in [0.2, 0.25) is 0 Å². The Hall–Kier alpha value is -3.72. The topological polar surface area (TPSA) is 26.3 Å². The van der Waals surface area contributed by atoms with Crippen LogP contribution in [0.15, 0.2) is 91.0 Å². The zero-order chi connectivity index (χ0) is 20.5. The summed E-state index contributed by atoms with van der Waals surface area (Å²) in [6.45, 7) is 0. The highest BCUT2D eigenvalue weighted by Crippen LogP contribution is 2.38. The fourth-order valence-electron chi connectivity index (χ4n) is 3.99. The van der Waals surface area contributed by atoms with Crippen molar-refractivity contribution in [1.82, 2.24) is 0 Å². The van der Waals surface area contributed by atoms with Crippen LogP contribution in [0.1, 0.15) is 27.0 Å². The van der Waals surface area contributed by atoms with Crippen molar-refractivity contribution < 1.29 is 13.9 Å². The molecular weight excluding hydrogens is 375 g/mol. The molecule has 0 bridgehead atoms. The molecule has 0 aromatic heterocycles. The Morgan fingerprint density at radius 1 is 0.800 bits per heavy atom. The maximum Gasteiger partial charge on any atom is 0.343 e.